The number of anilines is 2. The van der Waals surface area contributed by atoms with Gasteiger partial charge in [-0.15, -0.1) is 0 Å². The van der Waals surface area contributed by atoms with E-state index in [1.54, 1.807) is 43.0 Å². The van der Waals surface area contributed by atoms with Crippen LogP contribution in [-0.4, -0.2) is 64.0 Å². The van der Waals surface area contributed by atoms with Gasteiger partial charge in [-0.05, 0) is 55.3 Å². The second kappa shape index (κ2) is 14.8. The molecule has 4 rings (SSSR count). The minimum Gasteiger partial charge on any atom is -0.457 e. The van der Waals surface area contributed by atoms with Crippen molar-refractivity contribution in [2.45, 2.75) is 45.9 Å². The highest BCUT2D eigenvalue weighted by Gasteiger charge is 2.26. The summed E-state index contributed by atoms with van der Waals surface area (Å²) in [5.74, 6) is 0.486. The van der Waals surface area contributed by atoms with Crippen LogP contribution in [0, 0.1) is 11.3 Å². The van der Waals surface area contributed by atoms with E-state index < -0.39 is 24.3 Å². The Morgan fingerprint density at radius 3 is 2.36 bits per heavy atom. The molecule has 2 atom stereocenters. The van der Waals surface area contributed by atoms with E-state index in [2.05, 4.69) is 27.2 Å². The quantitative estimate of drug-likeness (QED) is 0.114. The highest BCUT2D eigenvalue weighted by molar-refractivity contribution is 6.17. The van der Waals surface area contributed by atoms with Crippen molar-refractivity contribution >= 4 is 35.3 Å². The first-order valence-electron chi connectivity index (χ1n) is 14.3. The maximum atomic E-state index is 12.8. The summed E-state index contributed by atoms with van der Waals surface area (Å²) in [6.45, 7) is 9.37. The molecule has 2 heterocycles. The summed E-state index contributed by atoms with van der Waals surface area (Å²) in [5.41, 5.74) is 0.731. The van der Waals surface area contributed by atoms with Gasteiger partial charge in [0.1, 0.15) is 29.5 Å². The summed E-state index contributed by atoms with van der Waals surface area (Å²) in [6, 6.07) is 16.1. The molecule has 1 aliphatic heterocycles. The first kappa shape index (κ1) is 31.7. The molecule has 2 amide bonds. The number of para-hydroxylation sites is 1. The minimum atomic E-state index is -1.15. The Balaban J connectivity index is 1.60. The average molecular weight is 601 g/mol. The zero-order valence-corrected chi connectivity index (χ0v) is 24.9. The van der Waals surface area contributed by atoms with Crippen molar-refractivity contribution in [1.82, 2.24) is 14.9 Å². The zero-order valence-electron chi connectivity index (χ0n) is 24.9. The Morgan fingerprint density at radius 1 is 1.00 bits per heavy atom. The highest BCUT2D eigenvalue weighted by atomic mass is 16.7. The molecule has 0 bridgehead atoms. The number of nitrogens with zero attached hydrogens (tertiary/aromatic N) is 3. The molecule has 2 aromatic carbocycles. The third-order valence-corrected chi connectivity index (χ3v) is 6.71. The van der Waals surface area contributed by atoms with E-state index in [4.69, 9.17) is 19.6 Å². The van der Waals surface area contributed by atoms with E-state index in [0.717, 1.165) is 12.8 Å². The molecule has 3 aromatic rings. The lowest BCUT2D eigenvalue weighted by molar-refractivity contribution is -0.168. The van der Waals surface area contributed by atoms with Crippen molar-refractivity contribution in [2.75, 3.05) is 23.7 Å². The smallest absolute Gasteiger partial charge is 0.415 e. The van der Waals surface area contributed by atoms with Crippen LogP contribution in [0.3, 0.4) is 0 Å². The fourth-order valence-corrected chi connectivity index (χ4v) is 4.50. The maximum Gasteiger partial charge on any atom is 0.415 e. The van der Waals surface area contributed by atoms with Crippen LogP contribution in [0.5, 0.6) is 11.5 Å². The molecule has 0 saturated carbocycles. The number of aromatic nitrogens is 2. The van der Waals surface area contributed by atoms with E-state index in [1.807, 2.05) is 30.3 Å². The number of esters is 1. The van der Waals surface area contributed by atoms with Gasteiger partial charge in [0.05, 0.1) is 17.2 Å². The van der Waals surface area contributed by atoms with Crippen molar-refractivity contribution in [3.05, 3.63) is 84.7 Å². The van der Waals surface area contributed by atoms with Crippen LogP contribution in [0.25, 0.3) is 0 Å². The number of carbonyl (C=O) groups excluding carboxylic acids is 3. The summed E-state index contributed by atoms with van der Waals surface area (Å²) in [7, 11) is 0. The number of hydrogen-bond acceptors (Lipinski definition) is 10. The van der Waals surface area contributed by atoms with Gasteiger partial charge < -0.3 is 24.4 Å². The minimum absolute atomic E-state index is 0.0133. The topological polar surface area (TPSA) is 156 Å². The molecule has 0 radical (unpaired) electrons. The van der Waals surface area contributed by atoms with E-state index in [9.17, 15) is 14.4 Å². The van der Waals surface area contributed by atoms with Gasteiger partial charge in [-0.3, -0.25) is 20.3 Å². The van der Waals surface area contributed by atoms with E-state index in [1.165, 1.54) is 19.3 Å². The predicted octanol–water partition coefficient (Wildman–Crippen LogP) is 5.37. The number of benzene rings is 2. The van der Waals surface area contributed by atoms with Crippen molar-refractivity contribution in [2.24, 2.45) is 5.92 Å². The van der Waals surface area contributed by atoms with Gasteiger partial charge in [0.2, 0.25) is 12.2 Å². The van der Waals surface area contributed by atoms with Gasteiger partial charge in [-0.1, -0.05) is 38.6 Å². The number of likely N-dealkylation sites (tertiary alicyclic amines) is 1. The zero-order chi connectivity index (χ0) is 31.6. The van der Waals surface area contributed by atoms with Crippen LogP contribution in [0.1, 0.15) is 44.7 Å². The third kappa shape index (κ3) is 8.40. The predicted molar refractivity (Wildman–Crippen MR) is 165 cm³/mol. The lowest BCUT2D eigenvalue weighted by Crippen LogP contribution is -2.44. The number of hydrogen-bond donors (Lipinski definition) is 3. The summed E-state index contributed by atoms with van der Waals surface area (Å²) >= 11 is 0. The first-order chi connectivity index (χ1) is 21.1. The Kier molecular flexibility index (Phi) is 10.6. The largest absolute Gasteiger partial charge is 0.457 e. The Hall–Kier alpha value is -5.26. The normalized spacial score (nSPS) is 15.1. The molecular weight excluding hydrogens is 564 g/mol. The molecule has 3 N–H and O–H groups in total. The number of ether oxygens (including phenoxy) is 3. The molecule has 12 heteroatoms. The first-order valence-corrected chi connectivity index (χ1v) is 14.3. The van der Waals surface area contributed by atoms with Gasteiger partial charge >= 0.3 is 12.1 Å². The molecule has 0 aliphatic carbocycles. The Labute approximate surface area is 255 Å². The van der Waals surface area contributed by atoms with Crippen molar-refractivity contribution < 1.29 is 28.6 Å². The fraction of sp³-hybridized carbons (Fsp3) is 0.312. The van der Waals surface area contributed by atoms with Crippen molar-refractivity contribution in [1.29, 1.82) is 5.41 Å². The molecule has 0 spiro atoms. The summed E-state index contributed by atoms with van der Waals surface area (Å²) in [4.78, 5) is 47.3. The Morgan fingerprint density at radius 2 is 1.68 bits per heavy atom. The maximum absolute atomic E-state index is 12.8. The van der Waals surface area contributed by atoms with Crippen LogP contribution in [0.15, 0.2) is 73.6 Å². The second-order valence-electron chi connectivity index (χ2n) is 10.4. The molecule has 1 aliphatic rings. The van der Waals surface area contributed by atoms with Crippen LogP contribution >= 0.6 is 0 Å². The summed E-state index contributed by atoms with van der Waals surface area (Å²) < 4.78 is 16.2. The molecule has 230 valence electrons. The van der Waals surface area contributed by atoms with Gasteiger partial charge in [0.25, 0.3) is 0 Å². The van der Waals surface area contributed by atoms with Crippen molar-refractivity contribution in [3.8, 4) is 11.5 Å². The van der Waals surface area contributed by atoms with Crippen molar-refractivity contribution in [3.63, 3.8) is 0 Å². The number of amides is 2. The number of rotatable bonds is 11. The fourth-order valence-electron chi connectivity index (χ4n) is 4.50. The number of nitrogens with one attached hydrogen (secondary N) is 3. The van der Waals surface area contributed by atoms with E-state index in [-0.39, 0.29) is 29.0 Å². The lowest BCUT2D eigenvalue weighted by Gasteiger charge is -2.33. The highest BCUT2D eigenvalue weighted by Crippen LogP contribution is 2.28. The van der Waals surface area contributed by atoms with Gasteiger partial charge in [0.15, 0.2) is 0 Å². The number of carbonyl (C=O) groups is 3. The number of piperidine rings is 1. The second-order valence-corrected chi connectivity index (χ2v) is 10.4. The van der Waals surface area contributed by atoms with E-state index in [0.29, 0.717) is 36.0 Å². The summed E-state index contributed by atoms with van der Waals surface area (Å²) in [5, 5.41) is 15.0. The van der Waals surface area contributed by atoms with Crippen LogP contribution in [0.2, 0.25) is 0 Å². The van der Waals surface area contributed by atoms with Gasteiger partial charge in [-0.25, -0.2) is 14.8 Å². The average Bonchev–Trinajstić information content (AvgIpc) is 3.01. The monoisotopic (exact) mass is 600 g/mol. The van der Waals surface area contributed by atoms with Gasteiger partial charge in [-0.2, -0.15) is 0 Å². The molecule has 1 saturated heterocycles. The Bertz CT molecular complexity index is 1490. The molecular formula is C32H36N6O6. The standard InChI is InChI=1S/C32H36N6O6/c1-5-26(39)38-17-9-10-23(18-38)36-29-27(28(33)22-13-15-25(16-14-22)44-24-11-7-6-8-12-24)30(35-19-34-29)37-32(41)43-21(4)42-31(40)20(2)3/h5-8,11-16,19-21,23,33H,1,9-10,17-18H2,2-4H3,(H2,34,35,36,37,41). The molecule has 12 nitrogen and oxygen atoms in total. The molecule has 2 unspecified atom stereocenters. The van der Waals surface area contributed by atoms with Crippen LogP contribution < -0.4 is 15.4 Å². The van der Waals surface area contributed by atoms with Gasteiger partial charge in [0, 0.05) is 31.6 Å². The van der Waals surface area contributed by atoms with E-state index >= 15 is 0 Å². The molecule has 44 heavy (non-hydrogen) atoms. The SMILES string of the molecule is C=CC(=O)N1CCCC(Nc2ncnc(NC(=O)OC(C)OC(=O)C(C)C)c2C(=N)c2ccc(Oc3ccccc3)cc2)C1. The molecule has 1 fully saturated rings. The lowest BCUT2D eigenvalue weighted by atomic mass is 10.0. The van der Waals surface area contributed by atoms with Crippen LogP contribution in [0.4, 0.5) is 16.4 Å². The third-order valence-electron chi connectivity index (χ3n) is 6.71. The van der Waals surface area contributed by atoms with Crippen LogP contribution in [-0.2, 0) is 19.1 Å². The summed E-state index contributed by atoms with van der Waals surface area (Å²) in [6.07, 6.45) is 1.98. The molecule has 1 aromatic heterocycles.